The molecule has 1 atom stereocenters. The number of rotatable bonds is 2. The van der Waals surface area contributed by atoms with E-state index in [-0.39, 0.29) is 12.0 Å². The molecule has 1 aromatic heterocycles. The minimum atomic E-state index is 0.212. The lowest BCUT2D eigenvalue weighted by molar-refractivity contribution is 0.0985. The molecule has 2 rings (SSSR count). The maximum Gasteiger partial charge on any atom is 0.223 e. The molecule has 7 heteroatoms. The molecule has 1 aliphatic heterocycles. The summed E-state index contributed by atoms with van der Waals surface area (Å²) in [5.74, 6) is 6.81. The van der Waals surface area contributed by atoms with Gasteiger partial charge in [0.25, 0.3) is 0 Å². The number of hydrogen-bond acceptors (Lipinski definition) is 7. The Morgan fingerprint density at radius 1 is 1.56 bits per heavy atom. The van der Waals surface area contributed by atoms with E-state index in [0.717, 1.165) is 12.4 Å². The van der Waals surface area contributed by atoms with Crippen LogP contribution in [0.25, 0.3) is 0 Å². The van der Waals surface area contributed by atoms with Crippen LogP contribution in [0, 0.1) is 0 Å². The summed E-state index contributed by atoms with van der Waals surface area (Å²) in [4.78, 5) is 10.3. The molecular weight excluding hydrogens is 208 g/mol. The number of anilines is 3. The van der Waals surface area contributed by atoms with Gasteiger partial charge < -0.3 is 20.8 Å². The third-order valence-corrected chi connectivity index (χ3v) is 2.54. The quantitative estimate of drug-likeness (QED) is 0.462. The average molecular weight is 224 g/mol. The van der Waals surface area contributed by atoms with Crippen LogP contribution in [-0.4, -0.2) is 35.8 Å². The minimum Gasteiger partial charge on any atom is -0.377 e. The molecule has 1 saturated heterocycles. The lowest BCUT2D eigenvalue weighted by atomic mass is 10.2. The van der Waals surface area contributed by atoms with E-state index in [9.17, 15) is 0 Å². The molecule has 2 heterocycles. The van der Waals surface area contributed by atoms with Gasteiger partial charge in [-0.3, -0.25) is 0 Å². The van der Waals surface area contributed by atoms with Gasteiger partial charge in [0.15, 0.2) is 0 Å². The largest absolute Gasteiger partial charge is 0.377 e. The third-order valence-electron chi connectivity index (χ3n) is 2.54. The van der Waals surface area contributed by atoms with E-state index < -0.39 is 0 Å². The fourth-order valence-corrected chi connectivity index (χ4v) is 1.74. The van der Waals surface area contributed by atoms with Crippen LogP contribution >= 0.6 is 0 Å². The molecule has 0 radical (unpaired) electrons. The van der Waals surface area contributed by atoms with Crippen molar-refractivity contribution in [2.24, 2.45) is 5.84 Å². The first-order valence-corrected chi connectivity index (χ1v) is 5.16. The van der Waals surface area contributed by atoms with Gasteiger partial charge in [0.1, 0.15) is 11.6 Å². The summed E-state index contributed by atoms with van der Waals surface area (Å²) in [6.07, 6.45) is 0. The van der Waals surface area contributed by atoms with Gasteiger partial charge in [-0.1, -0.05) is 0 Å². The first kappa shape index (κ1) is 10.9. The summed E-state index contributed by atoms with van der Waals surface area (Å²) in [5, 5.41) is 0. The zero-order chi connectivity index (χ0) is 11.5. The number of morpholine rings is 1. The molecule has 0 aliphatic carbocycles. The monoisotopic (exact) mass is 224 g/mol. The van der Waals surface area contributed by atoms with E-state index in [1.807, 2.05) is 0 Å². The van der Waals surface area contributed by atoms with Crippen LogP contribution < -0.4 is 21.9 Å². The smallest absolute Gasteiger partial charge is 0.223 e. The maximum atomic E-state index is 5.61. The van der Waals surface area contributed by atoms with Gasteiger partial charge in [0.05, 0.1) is 19.3 Å². The fourth-order valence-electron chi connectivity index (χ4n) is 1.74. The second-order valence-corrected chi connectivity index (χ2v) is 3.73. The summed E-state index contributed by atoms with van der Waals surface area (Å²) < 4.78 is 5.36. The van der Waals surface area contributed by atoms with Crippen molar-refractivity contribution in [2.45, 2.75) is 13.0 Å². The van der Waals surface area contributed by atoms with Crippen LogP contribution in [0.1, 0.15) is 6.92 Å². The molecule has 0 aromatic carbocycles. The third kappa shape index (κ3) is 2.15. The van der Waals surface area contributed by atoms with E-state index in [1.165, 1.54) is 0 Å². The number of nitrogens with zero attached hydrogens (tertiary/aromatic N) is 3. The van der Waals surface area contributed by atoms with Crippen molar-refractivity contribution < 1.29 is 4.74 Å². The minimum absolute atomic E-state index is 0.212. The number of nitrogens with two attached hydrogens (primary N) is 2. The SMILES string of the molecule is CC1COCCN1c1cc(NN)nc(N)n1. The highest BCUT2D eigenvalue weighted by molar-refractivity contribution is 5.52. The summed E-state index contributed by atoms with van der Waals surface area (Å²) >= 11 is 0. The Labute approximate surface area is 93.8 Å². The van der Waals surface area contributed by atoms with Crippen molar-refractivity contribution in [3.05, 3.63) is 6.07 Å². The number of nitrogen functional groups attached to an aromatic ring is 2. The number of ether oxygens (including phenoxy) is 1. The molecule has 1 aliphatic rings. The Morgan fingerprint density at radius 3 is 3.06 bits per heavy atom. The van der Waals surface area contributed by atoms with E-state index in [0.29, 0.717) is 19.0 Å². The van der Waals surface area contributed by atoms with E-state index in [1.54, 1.807) is 6.07 Å². The second-order valence-electron chi connectivity index (χ2n) is 3.73. The van der Waals surface area contributed by atoms with Gasteiger partial charge in [0.2, 0.25) is 5.95 Å². The molecule has 0 bridgehead atoms. The van der Waals surface area contributed by atoms with Crippen LogP contribution in [0.2, 0.25) is 0 Å². The first-order chi connectivity index (χ1) is 7.70. The van der Waals surface area contributed by atoms with Gasteiger partial charge in [-0.2, -0.15) is 9.97 Å². The second kappa shape index (κ2) is 4.50. The fraction of sp³-hybridized carbons (Fsp3) is 0.556. The van der Waals surface area contributed by atoms with Crippen LogP contribution in [-0.2, 0) is 4.74 Å². The maximum absolute atomic E-state index is 5.61. The van der Waals surface area contributed by atoms with Crippen molar-refractivity contribution >= 4 is 17.6 Å². The number of nitrogens with one attached hydrogen (secondary N) is 1. The van der Waals surface area contributed by atoms with E-state index in [2.05, 4.69) is 27.2 Å². The highest BCUT2D eigenvalue weighted by Gasteiger charge is 2.20. The molecule has 0 saturated carbocycles. The van der Waals surface area contributed by atoms with Gasteiger partial charge in [-0.05, 0) is 6.92 Å². The zero-order valence-corrected chi connectivity index (χ0v) is 9.18. The predicted molar refractivity (Wildman–Crippen MR) is 61.9 cm³/mol. The highest BCUT2D eigenvalue weighted by atomic mass is 16.5. The lowest BCUT2D eigenvalue weighted by Crippen LogP contribution is -2.44. The van der Waals surface area contributed by atoms with Crippen molar-refractivity contribution in [1.82, 2.24) is 9.97 Å². The normalized spacial score (nSPS) is 20.9. The van der Waals surface area contributed by atoms with Crippen LogP contribution in [0.15, 0.2) is 6.07 Å². The highest BCUT2D eigenvalue weighted by Crippen LogP contribution is 2.20. The Kier molecular flexibility index (Phi) is 3.07. The molecule has 1 fully saturated rings. The van der Waals surface area contributed by atoms with Crippen molar-refractivity contribution in [2.75, 3.05) is 35.8 Å². The van der Waals surface area contributed by atoms with Crippen LogP contribution in [0.5, 0.6) is 0 Å². The van der Waals surface area contributed by atoms with Crippen molar-refractivity contribution in [3.63, 3.8) is 0 Å². The summed E-state index contributed by atoms with van der Waals surface area (Å²) in [5.41, 5.74) is 8.08. The van der Waals surface area contributed by atoms with Crippen LogP contribution in [0.3, 0.4) is 0 Å². The molecule has 0 spiro atoms. The lowest BCUT2D eigenvalue weighted by Gasteiger charge is -2.34. The molecule has 88 valence electrons. The van der Waals surface area contributed by atoms with Crippen molar-refractivity contribution in [1.29, 1.82) is 0 Å². The van der Waals surface area contributed by atoms with Crippen LogP contribution in [0.4, 0.5) is 17.6 Å². The molecule has 1 unspecified atom stereocenters. The Bertz CT molecular complexity index is 371. The molecule has 5 N–H and O–H groups in total. The summed E-state index contributed by atoms with van der Waals surface area (Å²) in [6, 6.07) is 2.05. The van der Waals surface area contributed by atoms with Gasteiger partial charge in [-0.25, -0.2) is 5.84 Å². The summed E-state index contributed by atoms with van der Waals surface area (Å²) in [6.45, 7) is 4.25. The summed E-state index contributed by atoms with van der Waals surface area (Å²) in [7, 11) is 0. The first-order valence-electron chi connectivity index (χ1n) is 5.16. The van der Waals surface area contributed by atoms with Gasteiger partial charge in [0, 0.05) is 12.6 Å². The Hall–Kier alpha value is -1.60. The molecular formula is C9H16N6O. The molecule has 1 aromatic rings. The topological polar surface area (TPSA) is 102 Å². The number of aromatic nitrogens is 2. The zero-order valence-electron chi connectivity index (χ0n) is 9.18. The van der Waals surface area contributed by atoms with E-state index in [4.69, 9.17) is 16.3 Å². The Balaban J connectivity index is 2.27. The molecule has 7 nitrogen and oxygen atoms in total. The average Bonchev–Trinajstić information content (AvgIpc) is 2.28. The van der Waals surface area contributed by atoms with Crippen molar-refractivity contribution in [3.8, 4) is 0 Å². The molecule has 16 heavy (non-hydrogen) atoms. The Morgan fingerprint density at radius 2 is 2.38 bits per heavy atom. The number of hydrogen-bond donors (Lipinski definition) is 3. The van der Waals surface area contributed by atoms with Gasteiger partial charge >= 0.3 is 0 Å². The predicted octanol–water partition coefficient (Wildman–Crippen LogP) is -0.430. The van der Waals surface area contributed by atoms with E-state index >= 15 is 0 Å². The van der Waals surface area contributed by atoms with Gasteiger partial charge in [-0.15, -0.1) is 0 Å². The standard InChI is InChI=1S/C9H16N6O/c1-6-5-16-3-2-15(6)8-4-7(14-11)12-9(10)13-8/h4,6H,2-3,5,11H2,1H3,(H3,10,12,13,14). The number of hydrazine groups is 1. The molecule has 0 amide bonds.